The van der Waals surface area contributed by atoms with Gasteiger partial charge in [-0.15, -0.1) is 0 Å². The molecule has 1 fully saturated rings. The van der Waals surface area contributed by atoms with Gasteiger partial charge in [0.15, 0.2) is 0 Å². The van der Waals surface area contributed by atoms with Crippen LogP contribution in [0.4, 0.5) is 5.69 Å². The van der Waals surface area contributed by atoms with Crippen LogP contribution in [-0.4, -0.2) is 18.7 Å². The minimum absolute atomic E-state index is 0.135. The molecule has 2 nitrogen and oxygen atoms in total. The lowest BCUT2D eigenvalue weighted by molar-refractivity contribution is 0.155. The first-order valence-electron chi connectivity index (χ1n) is 9.81. The van der Waals surface area contributed by atoms with Gasteiger partial charge < -0.3 is 9.64 Å². The molecule has 134 valence electrons. The molecule has 0 aromatic heterocycles. The van der Waals surface area contributed by atoms with Crippen LogP contribution in [0.15, 0.2) is 18.2 Å². The molecule has 3 rings (SSSR count). The highest BCUT2D eigenvalue weighted by atomic mass is 16.5. The second-order valence-corrected chi connectivity index (χ2v) is 9.44. The number of rotatable bonds is 3. The smallest absolute Gasteiger partial charge is 0.145 e. The first-order valence-corrected chi connectivity index (χ1v) is 9.81. The summed E-state index contributed by atoms with van der Waals surface area (Å²) in [5.41, 5.74) is 3.17. The predicted octanol–water partition coefficient (Wildman–Crippen LogP) is 5.83. The summed E-state index contributed by atoms with van der Waals surface area (Å²) in [7, 11) is 0. The van der Waals surface area contributed by atoms with Crippen molar-refractivity contribution in [3.05, 3.63) is 23.8 Å². The van der Waals surface area contributed by atoms with Crippen LogP contribution in [0.25, 0.3) is 0 Å². The number of fused-ring (bicyclic) bond motifs is 1. The largest absolute Gasteiger partial charge is 0.489 e. The van der Waals surface area contributed by atoms with Crippen LogP contribution in [0.3, 0.4) is 0 Å². The second-order valence-electron chi connectivity index (χ2n) is 9.44. The zero-order valence-corrected chi connectivity index (χ0v) is 16.3. The molecule has 0 bridgehead atoms. The van der Waals surface area contributed by atoms with Crippen molar-refractivity contribution in [3.8, 4) is 5.75 Å². The summed E-state index contributed by atoms with van der Waals surface area (Å²) < 4.78 is 6.17. The van der Waals surface area contributed by atoms with Crippen LogP contribution >= 0.6 is 0 Å². The van der Waals surface area contributed by atoms with Crippen LogP contribution in [0.1, 0.15) is 72.3 Å². The van der Waals surface area contributed by atoms with Gasteiger partial charge in [0, 0.05) is 5.54 Å². The number of benzene rings is 1. The SMILES string of the molecule is CC(C)(Cc1cccc2c1OCCN2C(C)(C)C)C1CCCCC1. The van der Waals surface area contributed by atoms with Crippen molar-refractivity contribution >= 4 is 5.69 Å². The molecule has 2 heteroatoms. The van der Waals surface area contributed by atoms with Crippen LogP contribution in [0, 0.1) is 11.3 Å². The lowest BCUT2D eigenvalue weighted by Gasteiger charge is -2.43. The number of hydrogen-bond acceptors (Lipinski definition) is 2. The van der Waals surface area contributed by atoms with Crippen LogP contribution in [0.2, 0.25) is 0 Å². The van der Waals surface area contributed by atoms with Gasteiger partial charge >= 0.3 is 0 Å². The second kappa shape index (κ2) is 6.61. The van der Waals surface area contributed by atoms with Gasteiger partial charge in [-0.25, -0.2) is 0 Å². The summed E-state index contributed by atoms with van der Waals surface area (Å²) in [6, 6.07) is 6.74. The molecule has 1 saturated carbocycles. The number of para-hydroxylation sites is 1. The third kappa shape index (κ3) is 3.58. The third-order valence-corrected chi connectivity index (χ3v) is 6.09. The summed E-state index contributed by atoms with van der Waals surface area (Å²) in [5.74, 6) is 1.99. The van der Waals surface area contributed by atoms with E-state index >= 15 is 0 Å². The van der Waals surface area contributed by atoms with E-state index in [0.717, 1.165) is 31.2 Å². The van der Waals surface area contributed by atoms with Crippen molar-refractivity contribution in [1.82, 2.24) is 0 Å². The Kier molecular flexibility index (Phi) is 4.86. The number of ether oxygens (including phenoxy) is 1. The number of nitrogens with zero attached hydrogens (tertiary/aromatic N) is 1. The van der Waals surface area contributed by atoms with Gasteiger partial charge in [0.2, 0.25) is 0 Å². The van der Waals surface area contributed by atoms with Crippen molar-refractivity contribution in [2.75, 3.05) is 18.1 Å². The molecule has 1 aliphatic heterocycles. The Bertz CT molecular complexity index is 564. The first kappa shape index (κ1) is 17.6. The summed E-state index contributed by atoms with van der Waals surface area (Å²) in [4.78, 5) is 2.50. The maximum absolute atomic E-state index is 6.17. The number of anilines is 1. The molecule has 0 spiro atoms. The van der Waals surface area contributed by atoms with E-state index in [-0.39, 0.29) is 5.54 Å². The zero-order chi connectivity index (χ0) is 17.4. The van der Waals surface area contributed by atoms with Crippen LogP contribution in [-0.2, 0) is 6.42 Å². The van der Waals surface area contributed by atoms with Gasteiger partial charge in [0.25, 0.3) is 0 Å². The van der Waals surface area contributed by atoms with E-state index in [1.165, 1.54) is 43.4 Å². The average molecular weight is 330 g/mol. The molecular weight excluding hydrogens is 294 g/mol. The van der Waals surface area contributed by atoms with Gasteiger partial charge in [-0.05, 0) is 63.0 Å². The van der Waals surface area contributed by atoms with Gasteiger partial charge in [-0.2, -0.15) is 0 Å². The minimum atomic E-state index is 0.135. The maximum Gasteiger partial charge on any atom is 0.145 e. The third-order valence-electron chi connectivity index (χ3n) is 6.09. The molecule has 1 aromatic rings. The minimum Gasteiger partial charge on any atom is -0.489 e. The quantitative estimate of drug-likeness (QED) is 0.691. The van der Waals surface area contributed by atoms with E-state index in [2.05, 4.69) is 57.7 Å². The van der Waals surface area contributed by atoms with Gasteiger partial charge in [-0.3, -0.25) is 0 Å². The fourth-order valence-electron chi connectivity index (χ4n) is 4.67. The Hall–Kier alpha value is -1.18. The molecular formula is C22H35NO. The Morgan fingerprint density at radius 2 is 1.75 bits per heavy atom. The molecule has 0 unspecified atom stereocenters. The van der Waals surface area contributed by atoms with Crippen molar-refractivity contribution in [2.45, 2.75) is 78.7 Å². The van der Waals surface area contributed by atoms with E-state index in [9.17, 15) is 0 Å². The van der Waals surface area contributed by atoms with E-state index in [0.29, 0.717) is 5.41 Å². The normalized spacial score (nSPS) is 19.8. The first-order chi connectivity index (χ1) is 11.3. The molecule has 1 heterocycles. The summed E-state index contributed by atoms with van der Waals surface area (Å²) in [6.07, 6.45) is 8.17. The molecule has 1 aromatic carbocycles. The molecule has 0 atom stereocenters. The fourth-order valence-corrected chi connectivity index (χ4v) is 4.67. The summed E-state index contributed by atoms with van der Waals surface area (Å²) in [6.45, 7) is 13.6. The fraction of sp³-hybridized carbons (Fsp3) is 0.727. The van der Waals surface area contributed by atoms with Crippen LogP contribution in [0.5, 0.6) is 5.75 Å². The molecule has 0 N–H and O–H groups in total. The monoisotopic (exact) mass is 329 g/mol. The summed E-state index contributed by atoms with van der Waals surface area (Å²) in [5, 5.41) is 0. The van der Waals surface area contributed by atoms with Crippen molar-refractivity contribution in [3.63, 3.8) is 0 Å². The predicted molar refractivity (Wildman–Crippen MR) is 103 cm³/mol. The van der Waals surface area contributed by atoms with Crippen molar-refractivity contribution < 1.29 is 4.74 Å². The zero-order valence-electron chi connectivity index (χ0n) is 16.3. The highest BCUT2D eigenvalue weighted by molar-refractivity contribution is 5.64. The molecule has 1 aliphatic carbocycles. The highest BCUT2D eigenvalue weighted by Crippen LogP contribution is 2.45. The maximum atomic E-state index is 6.17. The molecule has 0 radical (unpaired) electrons. The lowest BCUT2D eigenvalue weighted by atomic mass is 9.68. The van der Waals surface area contributed by atoms with Gasteiger partial charge in [0.05, 0.1) is 12.2 Å². The van der Waals surface area contributed by atoms with Crippen molar-refractivity contribution in [2.24, 2.45) is 11.3 Å². The Morgan fingerprint density at radius 1 is 1.04 bits per heavy atom. The molecule has 2 aliphatic rings. The van der Waals surface area contributed by atoms with E-state index in [1.807, 2.05) is 0 Å². The Morgan fingerprint density at radius 3 is 2.42 bits per heavy atom. The molecule has 0 saturated heterocycles. The number of hydrogen-bond donors (Lipinski definition) is 0. The van der Waals surface area contributed by atoms with Gasteiger partial charge in [-0.1, -0.05) is 45.2 Å². The van der Waals surface area contributed by atoms with Crippen molar-refractivity contribution in [1.29, 1.82) is 0 Å². The van der Waals surface area contributed by atoms with E-state index in [1.54, 1.807) is 0 Å². The van der Waals surface area contributed by atoms with Crippen LogP contribution < -0.4 is 9.64 Å². The molecule has 24 heavy (non-hydrogen) atoms. The Balaban J connectivity index is 1.87. The molecule has 0 amide bonds. The topological polar surface area (TPSA) is 12.5 Å². The summed E-state index contributed by atoms with van der Waals surface area (Å²) >= 11 is 0. The van der Waals surface area contributed by atoms with E-state index in [4.69, 9.17) is 4.74 Å². The Labute approximate surface area is 148 Å². The highest BCUT2D eigenvalue weighted by Gasteiger charge is 2.34. The lowest BCUT2D eigenvalue weighted by Crippen LogP contribution is -2.46. The van der Waals surface area contributed by atoms with Gasteiger partial charge in [0.1, 0.15) is 12.4 Å². The standard InChI is InChI=1S/C22H35NO/c1-21(2,3)23-14-15-24-20-17(10-9-13-19(20)23)16-22(4,5)18-11-7-6-8-12-18/h9-10,13,18H,6-8,11-12,14-16H2,1-5H3. The van der Waals surface area contributed by atoms with E-state index < -0.39 is 0 Å². The average Bonchev–Trinajstić information content (AvgIpc) is 2.54.